The van der Waals surface area contributed by atoms with E-state index in [1.807, 2.05) is 0 Å². The molecule has 1 aliphatic heterocycles. The van der Waals surface area contributed by atoms with Gasteiger partial charge in [0.05, 0.1) is 6.04 Å². The molecule has 2 fully saturated rings. The van der Waals surface area contributed by atoms with Crippen LogP contribution in [0.5, 0.6) is 0 Å². The van der Waals surface area contributed by atoms with Crippen molar-refractivity contribution in [2.24, 2.45) is 11.3 Å². The zero-order valence-corrected chi connectivity index (χ0v) is 9.81. The highest BCUT2D eigenvalue weighted by atomic mass is 16.2. The van der Waals surface area contributed by atoms with Gasteiger partial charge in [-0.3, -0.25) is 4.79 Å². The van der Waals surface area contributed by atoms with Gasteiger partial charge < -0.3 is 10.6 Å². The first-order valence-corrected chi connectivity index (χ1v) is 6.12. The molecule has 3 nitrogen and oxygen atoms in total. The second-order valence-electron chi connectivity index (χ2n) is 5.61. The normalized spacial score (nSPS) is 27.3. The minimum absolute atomic E-state index is 0.0830. The Balaban J connectivity index is 1.68. The van der Waals surface area contributed by atoms with Crippen LogP contribution in [0.25, 0.3) is 0 Å². The summed E-state index contributed by atoms with van der Waals surface area (Å²) in [5.41, 5.74) is 0.514. The van der Waals surface area contributed by atoms with Crippen molar-refractivity contribution in [1.29, 1.82) is 0 Å². The number of amides is 1. The van der Waals surface area contributed by atoms with Crippen molar-refractivity contribution in [2.45, 2.75) is 45.6 Å². The Kier molecular flexibility index (Phi) is 3.01. The molecule has 0 aromatic carbocycles. The summed E-state index contributed by atoms with van der Waals surface area (Å²) in [7, 11) is 0. The molecule has 0 bridgehead atoms. The molecule has 2 rings (SSSR count). The summed E-state index contributed by atoms with van der Waals surface area (Å²) < 4.78 is 0. The largest absolute Gasteiger partial charge is 0.355 e. The average Bonchev–Trinajstić information content (AvgIpc) is 2.75. The maximum absolute atomic E-state index is 11.8. The number of hydrogen-bond donors (Lipinski definition) is 2. The van der Waals surface area contributed by atoms with Crippen LogP contribution in [0.4, 0.5) is 0 Å². The molecule has 1 aliphatic carbocycles. The quantitative estimate of drug-likeness (QED) is 0.734. The standard InChI is InChI=1S/C12H22N2O/c1-9(2)3-6-13-11(15)10-7-12(4-5-12)8-14-10/h9-10,14H,3-8H2,1-2H3,(H,13,15). The number of carbonyl (C=O) groups is 1. The summed E-state index contributed by atoms with van der Waals surface area (Å²) in [5.74, 6) is 0.871. The fraction of sp³-hybridized carbons (Fsp3) is 0.917. The summed E-state index contributed by atoms with van der Waals surface area (Å²) in [6.07, 6.45) is 4.76. The van der Waals surface area contributed by atoms with Gasteiger partial charge in [-0.1, -0.05) is 13.8 Å². The molecule has 1 amide bonds. The van der Waals surface area contributed by atoms with E-state index in [-0.39, 0.29) is 11.9 Å². The highest BCUT2D eigenvalue weighted by Gasteiger charge is 2.49. The number of nitrogens with one attached hydrogen (secondary N) is 2. The Morgan fingerprint density at radius 2 is 2.27 bits per heavy atom. The first-order valence-electron chi connectivity index (χ1n) is 6.12. The lowest BCUT2D eigenvalue weighted by atomic mass is 10.0. The van der Waals surface area contributed by atoms with Crippen LogP contribution >= 0.6 is 0 Å². The highest BCUT2D eigenvalue weighted by Crippen LogP contribution is 2.51. The van der Waals surface area contributed by atoms with E-state index >= 15 is 0 Å². The average molecular weight is 210 g/mol. The lowest BCUT2D eigenvalue weighted by Gasteiger charge is -2.12. The molecule has 1 saturated carbocycles. The maximum Gasteiger partial charge on any atom is 0.237 e. The predicted molar refractivity (Wildman–Crippen MR) is 60.5 cm³/mol. The molecule has 2 aliphatic rings. The first-order chi connectivity index (χ1) is 7.11. The molecule has 0 radical (unpaired) electrons. The van der Waals surface area contributed by atoms with E-state index in [9.17, 15) is 4.79 Å². The van der Waals surface area contributed by atoms with Crippen LogP contribution in [0.2, 0.25) is 0 Å². The van der Waals surface area contributed by atoms with Crippen LogP contribution in [-0.2, 0) is 4.79 Å². The topological polar surface area (TPSA) is 41.1 Å². The van der Waals surface area contributed by atoms with Gasteiger partial charge in [0.1, 0.15) is 0 Å². The molecule has 0 aromatic rings. The van der Waals surface area contributed by atoms with Gasteiger partial charge in [-0.25, -0.2) is 0 Å². The van der Waals surface area contributed by atoms with Gasteiger partial charge in [-0.2, -0.15) is 0 Å². The number of rotatable bonds is 4. The van der Waals surface area contributed by atoms with Crippen molar-refractivity contribution in [2.75, 3.05) is 13.1 Å². The number of carbonyl (C=O) groups excluding carboxylic acids is 1. The molecule has 0 aromatic heterocycles. The Morgan fingerprint density at radius 3 is 2.80 bits per heavy atom. The Labute approximate surface area is 92.0 Å². The first kappa shape index (κ1) is 10.9. The van der Waals surface area contributed by atoms with Crippen LogP contribution in [0.3, 0.4) is 0 Å². The SMILES string of the molecule is CC(C)CCNC(=O)C1CC2(CC2)CN1. The van der Waals surface area contributed by atoms with E-state index < -0.39 is 0 Å². The van der Waals surface area contributed by atoms with Crippen molar-refractivity contribution in [3.63, 3.8) is 0 Å². The molecule has 1 atom stereocenters. The van der Waals surface area contributed by atoms with Crippen LogP contribution in [0, 0.1) is 11.3 Å². The zero-order chi connectivity index (χ0) is 10.9. The molecule has 86 valence electrons. The third kappa shape index (κ3) is 2.71. The molecular weight excluding hydrogens is 188 g/mol. The third-order valence-corrected chi connectivity index (χ3v) is 3.66. The maximum atomic E-state index is 11.8. The Morgan fingerprint density at radius 1 is 1.53 bits per heavy atom. The van der Waals surface area contributed by atoms with Gasteiger partial charge in [-0.15, -0.1) is 0 Å². The van der Waals surface area contributed by atoms with E-state index in [0.717, 1.165) is 25.9 Å². The van der Waals surface area contributed by atoms with Crippen molar-refractivity contribution in [1.82, 2.24) is 10.6 Å². The minimum atomic E-state index is 0.0830. The smallest absolute Gasteiger partial charge is 0.237 e. The Hall–Kier alpha value is -0.570. The van der Waals surface area contributed by atoms with E-state index in [1.165, 1.54) is 12.8 Å². The van der Waals surface area contributed by atoms with Gasteiger partial charge in [0.25, 0.3) is 0 Å². The fourth-order valence-corrected chi connectivity index (χ4v) is 2.27. The molecule has 3 heteroatoms. The lowest BCUT2D eigenvalue weighted by Crippen LogP contribution is -2.40. The molecular formula is C12H22N2O. The molecule has 15 heavy (non-hydrogen) atoms. The molecule has 1 unspecified atom stereocenters. The Bertz CT molecular complexity index is 246. The predicted octanol–water partition coefficient (Wildman–Crippen LogP) is 1.29. The van der Waals surface area contributed by atoms with E-state index in [0.29, 0.717) is 11.3 Å². The van der Waals surface area contributed by atoms with Crippen molar-refractivity contribution < 1.29 is 4.79 Å². The molecule has 2 N–H and O–H groups in total. The van der Waals surface area contributed by atoms with Crippen molar-refractivity contribution >= 4 is 5.91 Å². The van der Waals surface area contributed by atoms with Gasteiger partial charge in [0.15, 0.2) is 0 Å². The molecule has 1 heterocycles. The summed E-state index contributed by atoms with van der Waals surface area (Å²) in [6, 6.07) is 0.0830. The molecule has 1 spiro atoms. The van der Waals surface area contributed by atoms with Crippen LogP contribution < -0.4 is 10.6 Å². The third-order valence-electron chi connectivity index (χ3n) is 3.66. The second-order valence-corrected chi connectivity index (χ2v) is 5.61. The summed E-state index contributed by atoms with van der Waals surface area (Å²) in [5, 5.41) is 6.36. The number of hydrogen-bond acceptors (Lipinski definition) is 2. The summed E-state index contributed by atoms with van der Waals surface area (Å²) in [6.45, 7) is 6.23. The lowest BCUT2D eigenvalue weighted by molar-refractivity contribution is -0.122. The summed E-state index contributed by atoms with van der Waals surface area (Å²) >= 11 is 0. The monoisotopic (exact) mass is 210 g/mol. The second kappa shape index (κ2) is 4.12. The summed E-state index contributed by atoms with van der Waals surface area (Å²) in [4.78, 5) is 11.8. The van der Waals surface area contributed by atoms with Crippen molar-refractivity contribution in [3.8, 4) is 0 Å². The van der Waals surface area contributed by atoms with Gasteiger partial charge in [0.2, 0.25) is 5.91 Å². The molecule has 1 saturated heterocycles. The van der Waals surface area contributed by atoms with Gasteiger partial charge in [-0.05, 0) is 37.0 Å². The highest BCUT2D eigenvalue weighted by molar-refractivity contribution is 5.82. The van der Waals surface area contributed by atoms with Crippen LogP contribution in [-0.4, -0.2) is 25.0 Å². The van der Waals surface area contributed by atoms with E-state index in [4.69, 9.17) is 0 Å². The van der Waals surface area contributed by atoms with Gasteiger partial charge >= 0.3 is 0 Å². The fourth-order valence-electron chi connectivity index (χ4n) is 2.27. The van der Waals surface area contributed by atoms with E-state index in [2.05, 4.69) is 24.5 Å². The van der Waals surface area contributed by atoms with Crippen molar-refractivity contribution in [3.05, 3.63) is 0 Å². The van der Waals surface area contributed by atoms with Gasteiger partial charge in [0, 0.05) is 13.1 Å². The van der Waals surface area contributed by atoms with E-state index in [1.54, 1.807) is 0 Å². The van der Waals surface area contributed by atoms with Crippen LogP contribution in [0.15, 0.2) is 0 Å². The minimum Gasteiger partial charge on any atom is -0.355 e. The zero-order valence-electron chi connectivity index (χ0n) is 9.81. The van der Waals surface area contributed by atoms with Crippen LogP contribution in [0.1, 0.15) is 39.5 Å².